The molecule has 0 radical (unpaired) electrons. The molecule has 3 rings (SSSR count). The van der Waals surface area contributed by atoms with E-state index in [-0.39, 0.29) is 11.7 Å². The summed E-state index contributed by atoms with van der Waals surface area (Å²) in [5.74, 6) is 0.837. The van der Waals surface area contributed by atoms with Crippen molar-refractivity contribution in [3.8, 4) is 11.5 Å². The molecule has 0 aliphatic carbocycles. The number of fused-ring (bicyclic) bond motifs is 1. The minimum absolute atomic E-state index is 0.132. The molecule has 0 bridgehead atoms. The number of nitrogens with one attached hydrogen (secondary N) is 1. The zero-order chi connectivity index (χ0) is 19.8. The normalized spacial score (nSPS) is 11.0. The molecule has 0 saturated heterocycles. The van der Waals surface area contributed by atoms with E-state index < -0.39 is 0 Å². The number of rotatable bonds is 8. The van der Waals surface area contributed by atoms with Crippen molar-refractivity contribution >= 4 is 22.9 Å². The Hall–Kier alpha value is -3.34. The van der Waals surface area contributed by atoms with E-state index in [4.69, 9.17) is 4.74 Å². The van der Waals surface area contributed by atoms with E-state index in [2.05, 4.69) is 10.5 Å². The minimum atomic E-state index is -0.151. The van der Waals surface area contributed by atoms with E-state index >= 15 is 0 Å². The van der Waals surface area contributed by atoms with Gasteiger partial charge in [0.15, 0.2) is 0 Å². The fourth-order valence-corrected chi connectivity index (χ4v) is 3.02. The molecule has 0 unspecified atom stereocenters. The number of carbonyl (C=O) groups is 1. The number of amides is 1. The van der Waals surface area contributed by atoms with Crippen LogP contribution in [-0.4, -0.2) is 23.8 Å². The number of hydrogen-bond donors (Lipinski definition) is 2. The molecule has 0 fully saturated rings. The Kier molecular flexibility index (Phi) is 6.63. The number of phenolic OH excluding ortho intramolecular Hbond substituents is 1. The van der Waals surface area contributed by atoms with Crippen LogP contribution >= 0.6 is 0 Å². The third-order valence-corrected chi connectivity index (χ3v) is 4.43. The highest BCUT2D eigenvalue weighted by Gasteiger charge is 2.05. The van der Waals surface area contributed by atoms with Gasteiger partial charge < -0.3 is 9.84 Å². The predicted molar refractivity (Wildman–Crippen MR) is 112 cm³/mol. The number of carbonyl (C=O) groups excluding carboxylic acids is 1. The largest absolute Gasteiger partial charge is 0.507 e. The molecule has 0 spiro atoms. The lowest BCUT2D eigenvalue weighted by Gasteiger charge is -2.06. The van der Waals surface area contributed by atoms with Gasteiger partial charge in [0.25, 0.3) is 0 Å². The molecule has 28 heavy (non-hydrogen) atoms. The number of hydrazone groups is 1. The van der Waals surface area contributed by atoms with Gasteiger partial charge in [0.1, 0.15) is 11.5 Å². The topological polar surface area (TPSA) is 70.9 Å². The second-order valence-corrected chi connectivity index (χ2v) is 6.44. The van der Waals surface area contributed by atoms with E-state index in [1.807, 2.05) is 61.5 Å². The molecule has 0 atom stereocenters. The number of nitrogens with zero attached hydrogens (tertiary/aromatic N) is 1. The van der Waals surface area contributed by atoms with Crippen LogP contribution in [0.3, 0.4) is 0 Å². The van der Waals surface area contributed by atoms with Gasteiger partial charge in [-0.15, -0.1) is 0 Å². The molecule has 5 heteroatoms. The lowest BCUT2D eigenvalue weighted by molar-refractivity contribution is -0.121. The van der Waals surface area contributed by atoms with Crippen molar-refractivity contribution in [3.05, 3.63) is 71.8 Å². The predicted octanol–water partition coefficient (Wildman–Crippen LogP) is 4.42. The molecule has 5 nitrogen and oxygen atoms in total. The maximum atomic E-state index is 12.0. The second-order valence-electron chi connectivity index (χ2n) is 6.44. The van der Waals surface area contributed by atoms with Crippen LogP contribution in [0.15, 0.2) is 65.8 Å². The van der Waals surface area contributed by atoms with E-state index in [1.165, 1.54) is 11.8 Å². The van der Waals surface area contributed by atoms with Crippen LogP contribution in [0, 0.1) is 0 Å². The minimum Gasteiger partial charge on any atom is -0.507 e. The van der Waals surface area contributed by atoms with E-state index in [1.54, 1.807) is 6.07 Å². The first-order chi connectivity index (χ1) is 13.7. The average Bonchev–Trinajstić information content (AvgIpc) is 2.71. The van der Waals surface area contributed by atoms with Gasteiger partial charge in [-0.05, 0) is 54.3 Å². The number of aryl methyl sites for hydroxylation is 1. The Bertz CT molecular complexity index is 965. The summed E-state index contributed by atoms with van der Waals surface area (Å²) >= 11 is 0. The summed E-state index contributed by atoms with van der Waals surface area (Å²) in [5, 5.41) is 16.0. The summed E-state index contributed by atoms with van der Waals surface area (Å²) in [6.45, 7) is 2.60. The lowest BCUT2D eigenvalue weighted by Crippen LogP contribution is -2.17. The smallest absolute Gasteiger partial charge is 0.240 e. The lowest BCUT2D eigenvalue weighted by atomic mass is 10.0. The Morgan fingerprint density at radius 1 is 1.11 bits per heavy atom. The zero-order valence-corrected chi connectivity index (χ0v) is 15.9. The van der Waals surface area contributed by atoms with Gasteiger partial charge in [0.05, 0.1) is 12.8 Å². The molecule has 0 heterocycles. The highest BCUT2D eigenvalue weighted by molar-refractivity contribution is 6.02. The standard InChI is InChI=1S/C23H24N2O3/c1-2-28-19-13-10-17(11-14-19)6-5-9-23(27)25-24-16-21-20-8-4-3-7-18(20)12-15-22(21)26/h3-4,7-8,10-16,26H,2,5-6,9H2,1H3,(H,25,27)/b24-16+. The van der Waals surface area contributed by atoms with Crippen LogP contribution in [-0.2, 0) is 11.2 Å². The molecule has 1 amide bonds. The van der Waals surface area contributed by atoms with Crippen LogP contribution in [0.1, 0.15) is 30.9 Å². The molecular weight excluding hydrogens is 352 g/mol. The monoisotopic (exact) mass is 376 g/mol. The van der Waals surface area contributed by atoms with Gasteiger partial charge in [0.2, 0.25) is 5.91 Å². The maximum absolute atomic E-state index is 12.0. The van der Waals surface area contributed by atoms with Crippen molar-refractivity contribution in [1.29, 1.82) is 0 Å². The summed E-state index contributed by atoms with van der Waals surface area (Å²) in [5.41, 5.74) is 4.29. The number of benzene rings is 3. The van der Waals surface area contributed by atoms with Crippen LogP contribution in [0.4, 0.5) is 0 Å². The van der Waals surface area contributed by atoms with Gasteiger partial charge in [-0.2, -0.15) is 5.10 Å². The fourth-order valence-electron chi connectivity index (χ4n) is 3.02. The molecule has 0 saturated carbocycles. The van der Waals surface area contributed by atoms with Crippen LogP contribution < -0.4 is 10.2 Å². The summed E-state index contributed by atoms with van der Waals surface area (Å²) < 4.78 is 5.42. The zero-order valence-electron chi connectivity index (χ0n) is 15.9. The fraction of sp³-hybridized carbons (Fsp3) is 0.217. The SMILES string of the molecule is CCOc1ccc(CCCC(=O)N/N=C/c2c(O)ccc3ccccc23)cc1. The Morgan fingerprint density at radius 3 is 2.68 bits per heavy atom. The van der Waals surface area contributed by atoms with Gasteiger partial charge in [-0.1, -0.05) is 42.5 Å². The van der Waals surface area contributed by atoms with Crippen molar-refractivity contribution in [2.75, 3.05) is 6.61 Å². The number of aromatic hydroxyl groups is 1. The van der Waals surface area contributed by atoms with Crippen molar-refractivity contribution in [2.24, 2.45) is 5.10 Å². The molecule has 2 N–H and O–H groups in total. The highest BCUT2D eigenvalue weighted by Crippen LogP contribution is 2.25. The van der Waals surface area contributed by atoms with E-state index in [0.717, 1.165) is 29.4 Å². The van der Waals surface area contributed by atoms with E-state index in [0.29, 0.717) is 18.6 Å². The molecule has 3 aromatic rings. The first-order valence-corrected chi connectivity index (χ1v) is 9.41. The Balaban J connectivity index is 1.50. The first kappa shape index (κ1) is 19.4. The van der Waals surface area contributed by atoms with Crippen molar-refractivity contribution in [1.82, 2.24) is 5.43 Å². The summed E-state index contributed by atoms with van der Waals surface area (Å²) in [7, 11) is 0. The quantitative estimate of drug-likeness (QED) is 0.452. The number of phenols is 1. The van der Waals surface area contributed by atoms with Gasteiger partial charge >= 0.3 is 0 Å². The maximum Gasteiger partial charge on any atom is 0.240 e. The number of ether oxygens (including phenoxy) is 1. The molecular formula is C23H24N2O3. The Labute approximate surface area is 164 Å². The summed E-state index contributed by atoms with van der Waals surface area (Å²) in [6, 6.07) is 19.1. The first-order valence-electron chi connectivity index (χ1n) is 9.41. The molecule has 3 aromatic carbocycles. The van der Waals surface area contributed by atoms with Gasteiger partial charge in [0, 0.05) is 12.0 Å². The third-order valence-electron chi connectivity index (χ3n) is 4.43. The van der Waals surface area contributed by atoms with Crippen molar-refractivity contribution in [3.63, 3.8) is 0 Å². The second kappa shape index (κ2) is 9.55. The van der Waals surface area contributed by atoms with Crippen molar-refractivity contribution < 1.29 is 14.6 Å². The molecule has 0 aliphatic heterocycles. The molecule has 0 aromatic heterocycles. The van der Waals surface area contributed by atoms with Crippen LogP contribution in [0.2, 0.25) is 0 Å². The van der Waals surface area contributed by atoms with Crippen molar-refractivity contribution in [2.45, 2.75) is 26.2 Å². The third kappa shape index (κ3) is 5.10. The molecule has 0 aliphatic rings. The van der Waals surface area contributed by atoms with Gasteiger partial charge in [-0.3, -0.25) is 4.79 Å². The van der Waals surface area contributed by atoms with Crippen LogP contribution in [0.25, 0.3) is 10.8 Å². The Morgan fingerprint density at radius 2 is 1.89 bits per heavy atom. The highest BCUT2D eigenvalue weighted by atomic mass is 16.5. The average molecular weight is 376 g/mol. The van der Waals surface area contributed by atoms with E-state index in [9.17, 15) is 9.90 Å². The number of hydrogen-bond acceptors (Lipinski definition) is 4. The summed E-state index contributed by atoms with van der Waals surface area (Å²) in [4.78, 5) is 12.0. The van der Waals surface area contributed by atoms with Crippen LogP contribution in [0.5, 0.6) is 11.5 Å². The van der Waals surface area contributed by atoms with Gasteiger partial charge in [-0.25, -0.2) is 5.43 Å². The summed E-state index contributed by atoms with van der Waals surface area (Å²) in [6.07, 6.45) is 3.41. The molecule has 144 valence electrons.